The average Bonchev–Trinajstić information content (AvgIpc) is 2.77. The molecule has 2 heterocycles. The number of fused-ring (bicyclic) bond motifs is 1. The molecule has 0 bridgehead atoms. The third kappa shape index (κ3) is 1.71. The summed E-state index contributed by atoms with van der Waals surface area (Å²) in [6, 6.07) is 9.01. The molecular formula is C13H11N3O4. The van der Waals surface area contributed by atoms with Crippen LogP contribution < -0.4 is 10.7 Å². The van der Waals surface area contributed by atoms with Gasteiger partial charge in [0.2, 0.25) is 5.91 Å². The van der Waals surface area contributed by atoms with Gasteiger partial charge in [0, 0.05) is 6.20 Å². The first-order chi connectivity index (χ1) is 9.59. The van der Waals surface area contributed by atoms with Crippen LogP contribution in [-0.2, 0) is 14.4 Å². The van der Waals surface area contributed by atoms with E-state index >= 15 is 0 Å². The molecule has 2 unspecified atom stereocenters. The number of aliphatic carboxylic acids is 1. The maximum Gasteiger partial charge on any atom is 0.342 e. The first-order valence-electron chi connectivity index (χ1n) is 5.98. The standard InChI is InChI=1S/C13H11N3O4/c17-11-9(7-4-2-1-3-5-7)10-14-6-8(13(19)20)12(18)16(10)15-11/h1-6,9-10,14H,(H,15,17)(H,19,20). The molecule has 2 atom stereocenters. The SMILES string of the molecule is O=C(O)C1=CNC2C(c3ccccc3)C(=O)NN2C1=O. The monoisotopic (exact) mass is 273 g/mol. The Bertz CT molecular complexity index is 626. The third-order valence-corrected chi connectivity index (χ3v) is 3.34. The summed E-state index contributed by atoms with van der Waals surface area (Å²) in [6.07, 6.45) is 0.516. The third-order valence-electron chi connectivity index (χ3n) is 3.34. The van der Waals surface area contributed by atoms with E-state index in [1.165, 1.54) is 0 Å². The molecule has 2 amide bonds. The Balaban J connectivity index is 1.96. The molecule has 7 nitrogen and oxygen atoms in total. The number of nitrogens with zero attached hydrogens (tertiary/aromatic N) is 1. The van der Waals surface area contributed by atoms with Gasteiger partial charge in [0.15, 0.2) is 0 Å². The Hall–Kier alpha value is -2.83. The minimum absolute atomic E-state index is 0.345. The molecule has 3 N–H and O–H groups in total. The zero-order chi connectivity index (χ0) is 14.3. The van der Waals surface area contributed by atoms with Crippen molar-refractivity contribution in [1.82, 2.24) is 15.8 Å². The van der Waals surface area contributed by atoms with Crippen LogP contribution in [0.5, 0.6) is 0 Å². The van der Waals surface area contributed by atoms with Crippen LogP contribution >= 0.6 is 0 Å². The van der Waals surface area contributed by atoms with Crippen LogP contribution in [0.1, 0.15) is 11.5 Å². The highest BCUT2D eigenvalue weighted by Gasteiger charge is 2.47. The fourth-order valence-corrected chi connectivity index (χ4v) is 2.41. The number of nitrogens with one attached hydrogen (secondary N) is 2. The summed E-state index contributed by atoms with van der Waals surface area (Å²) in [4.78, 5) is 35.0. The molecular weight excluding hydrogens is 262 g/mol. The molecule has 3 rings (SSSR count). The number of benzene rings is 1. The Kier molecular flexibility index (Phi) is 2.67. The van der Waals surface area contributed by atoms with Crippen molar-refractivity contribution in [2.24, 2.45) is 0 Å². The number of amides is 2. The van der Waals surface area contributed by atoms with Crippen LogP contribution in [0.2, 0.25) is 0 Å². The molecule has 1 fully saturated rings. The van der Waals surface area contributed by atoms with Gasteiger partial charge in [-0.05, 0) is 5.56 Å². The smallest absolute Gasteiger partial charge is 0.342 e. The minimum atomic E-state index is -1.33. The minimum Gasteiger partial charge on any atom is -0.477 e. The average molecular weight is 273 g/mol. The second-order valence-corrected chi connectivity index (χ2v) is 4.51. The van der Waals surface area contributed by atoms with Gasteiger partial charge < -0.3 is 10.4 Å². The molecule has 102 valence electrons. The van der Waals surface area contributed by atoms with Crippen LogP contribution in [-0.4, -0.2) is 34.1 Å². The topological polar surface area (TPSA) is 98.7 Å². The van der Waals surface area contributed by atoms with Crippen molar-refractivity contribution in [2.75, 3.05) is 0 Å². The molecule has 7 heteroatoms. The van der Waals surface area contributed by atoms with Gasteiger partial charge in [-0.3, -0.25) is 15.0 Å². The summed E-state index contributed by atoms with van der Waals surface area (Å²) in [5, 5.41) is 12.7. The van der Waals surface area contributed by atoms with Gasteiger partial charge in [0.1, 0.15) is 17.7 Å². The van der Waals surface area contributed by atoms with Gasteiger partial charge >= 0.3 is 5.97 Å². The van der Waals surface area contributed by atoms with Gasteiger partial charge in [-0.25, -0.2) is 9.80 Å². The predicted octanol–water partition coefficient (Wildman–Crippen LogP) is -0.459. The van der Waals surface area contributed by atoms with Crippen LogP contribution in [0.15, 0.2) is 42.1 Å². The van der Waals surface area contributed by atoms with Crippen molar-refractivity contribution >= 4 is 17.8 Å². The molecule has 2 aliphatic rings. The molecule has 1 aromatic rings. The van der Waals surface area contributed by atoms with Crippen molar-refractivity contribution < 1.29 is 19.5 Å². The Morgan fingerprint density at radius 2 is 1.90 bits per heavy atom. The molecule has 1 saturated heterocycles. The number of carboxylic acid groups (broad SMARTS) is 1. The number of hydrazine groups is 1. The maximum atomic E-state index is 12.0. The Labute approximate surface area is 113 Å². The Morgan fingerprint density at radius 1 is 1.20 bits per heavy atom. The number of carbonyl (C=O) groups excluding carboxylic acids is 2. The van der Waals surface area contributed by atoms with E-state index in [0.717, 1.165) is 16.8 Å². The lowest BCUT2D eigenvalue weighted by molar-refractivity contribution is -0.141. The second kappa shape index (κ2) is 4.37. The van der Waals surface area contributed by atoms with Gasteiger partial charge in [-0.15, -0.1) is 0 Å². The maximum absolute atomic E-state index is 12.0. The van der Waals surface area contributed by atoms with Crippen molar-refractivity contribution in [1.29, 1.82) is 0 Å². The van der Waals surface area contributed by atoms with E-state index in [-0.39, 0.29) is 5.91 Å². The highest BCUT2D eigenvalue weighted by atomic mass is 16.4. The molecule has 0 aliphatic carbocycles. The van der Waals surface area contributed by atoms with Gasteiger partial charge in [0.25, 0.3) is 5.91 Å². The van der Waals surface area contributed by atoms with Crippen LogP contribution in [0.3, 0.4) is 0 Å². The predicted molar refractivity (Wildman–Crippen MR) is 66.8 cm³/mol. The summed E-state index contributed by atoms with van der Waals surface area (Å²) in [5.41, 5.74) is 2.76. The molecule has 2 aliphatic heterocycles. The van der Waals surface area contributed by atoms with E-state index < -0.39 is 29.5 Å². The number of carboxylic acids is 1. The van der Waals surface area contributed by atoms with E-state index in [9.17, 15) is 14.4 Å². The fourth-order valence-electron chi connectivity index (χ4n) is 2.41. The first-order valence-corrected chi connectivity index (χ1v) is 5.98. The van der Waals surface area contributed by atoms with Crippen molar-refractivity contribution in [2.45, 2.75) is 12.1 Å². The number of carbonyl (C=O) groups is 3. The van der Waals surface area contributed by atoms with E-state index in [4.69, 9.17) is 5.11 Å². The van der Waals surface area contributed by atoms with Crippen LogP contribution in [0.4, 0.5) is 0 Å². The lowest BCUT2D eigenvalue weighted by Gasteiger charge is -2.29. The zero-order valence-corrected chi connectivity index (χ0v) is 10.2. The van der Waals surface area contributed by atoms with E-state index in [1.54, 1.807) is 24.3 Å². The summed E-state index contributed by atoms with van der Waals surface area (Å²) >= 11 is 0. The van der Waals surface area contributed by atoms with Gasteiger partial charge in [-0.1, -0.05) is 30.3 Å². The zero-order valence-electron chi connectivity index (χ0n) is 10.2. The number of hydrogen-bond donors (Lipinski definition) is 3. The van der Waals surface area contributed by atoms with Crippen LogP contribution in [0.25, 0.3) is 0 Å². The highest BCUT2D eigenvalue weighted by molar-refractivity contribution is 6.16. The largest absolute Gasteiger partial charge is 0.477 e. The van der Waals surface area contributed by atoms with Crippen molar-refractivity contribution in [3.63, 3.8) is 0 Å². The second-order valence-electron chi connectivity index (χ2n) is 4.51. The van der Waals surface area contributed by atoms with E-state index in [1.807, 2.05) is 6.07 Å². The first kappa shape index (κ1) is 12.2. The molecule has 0 spiro atoms. The molecule has 0 saturated carbocycles. The summed E-state index contributed by atoms with van der Waals surface area (Å²) in [7, 11) is 0. The summed E-state index contributed by atoms with van der Waals surface area (Å²) < 4.78 is 0. The van der Waals surface area contributed by atoms with Crippen molar-refractivity contribution in [3.8, 4) is 0 Å². The molecule has 0 radical (unpaired) electrons. The fraction of sp³-hybridized carbons (Fsp3) is 0.154. The summed E-state index contributed by atoms with van der Waals surface area (Å²) in [5.74, 6) is -2.99. The quantitative estimate of drug-likeness (QED) is 0.633. The molecule has 1 aromatic carbocycles. The van der Waals surface area contributed by atoms with Crippen molar-refractivity contribution in [3.05, 3.63) is 47.7 Å². The molecule has 0 aromatic heterocycles. The summed E-state index contributed by atoms with van der Waals surface area (Å²) in [6.45, 7) is 0. The number of rotatable bonds is 2. The van der Waals surface area contributed by atoms with Crippen LogP contribution in [0, 0.1) is 0 Å². The van der Waals surface area contributed by atoms with E-state index in [2.05, 4.69) is 10.7 Å². The van der Waals surface area contributed by atoms with Gasteiger partial charge in [-0.2, -0.15) is 0 Å². The molecule has 20 heavy (non-hydrogen) atoms. The Morgan fingerprint density at radius 3 is 2.55 bits per heavy atom. The lowest BCUT2D eigenvalue weighted by atomic mass is 9.95. The normalized spacial score (nSPS) is 24.6. The van der Waals surface area contributed by atoms with E-state index in [0.29, 0.717) is 0 Å². The highest BCUT2D eigenvalue weighted by Crippen LogP contribution is 2.29. The van der Waals surface area contributed by atoms with Gasteiger partial charge in [0.05, 0.1) is 0 Å². The lowest BCUT2D eigenvalue weighted by Crippen LogP contribution is -2.53. The number of hydrogen-bond acceptors (Lipinski definition) is 4.